The summed E-state index contributed by atoms with van der Waals surface area (Å²) in [5.74, 6) is -0.636. The molecule has 1 heterocycles. The topological polar surface area (TPSA) is 50.4 Å². The molecule has 0 bridgehead atoms. The molecule has 1 aliphatic carbocycles. The molecule has 1 unspecified atom stereocenters. The first-order chi connectivity index (χ1) is 9.65. The maximum Gasteiger partial charge on any atom is 0.226 e. The Kier molecular flexibility index (Phi) is 3.57. The van der Waals surface area contributed by atoms with Crippen molar-refractivity contribution >= 4 is 16.8 Å². The van der Waals surface area contributed by atoms with E-state index in [0.717, 1.165) is 25.7 Å². The van der Waals surface area contributed by atoms with Crippen LogP contribution in [0.4, 0.5) is 4.39 Å². The molecule has 1 aliphatic rings. The van der Waals surface area contributed by atoms with Gasteiger partial charge in [-0.15, -0.1) is 0 Å². The highest BCUT2D eigenvalue weighted by molar-refractivity contribution is 6.00. The summed E-state index contributed by atoms with van der Waals surface area (Å²) in [4.78, 5) is 12.3. The number of benzene rings is 1. The molecule has 0 amide bonds. The molecule has 1 saturated carbocycles. The molecule has 1 aromatic carbocycles. The van der Waals surface area contributed by atoms with E-state index in [1.165, 1.54) is 30.7 Å². The van der Waals surface area contributed by atoms with E-state index in [0.29, 0.717) is 11.0 Å². The van der Waals surface area contributed by atoms with E-state index in [1.54, 1.807) is 0 Å². The van der Waals surface area contributed by atoms with Gasteiger partial charge in [0.25, 0.3) is 0 Å². The summed E-state index contributed by atoms with van der Waals surface area (Å²) in [5.41, 5.74) is 0.464. The van der Waals surface area contributed by atoms with E-state index >= 15 is 0 Å². The lowest BCUT2D eigenvalue weighted by molar-refractivity contribution is 0.0509. The van der Waals surface area contributed by atoms with Crippen molar-refractivity contribution in [2.75, 3.05) is 0 Å². The number of halogens is 1. The Labute approximate surface area is 116 Å². The highest BCUT2D eigenvalue weighted by Crippen LogP contribution is 2.29. The van der Waals surface area contributed by atoms with Gasteiger partial charge in [0.05, 0.1) is 0 Å². The number of aliphatic hydroxyl groups is 1. The van der Waals surface area contributed by atoms with E-state index in [9.17, 15) is 14.3 Å². The minimum absolute atomic E-state index is 0.0150. The number of ketones is 1. The largest absolute Gasteiger partial charge is 0.453 e. The van der Waals surface area contributed by atoms with E-state index in [4.69, 9.17) is 4.42 Å². The highest BCUT2D eigenvalue weighted by atomic mass is 19.1. The third-order valence-corrected chi connectivity index (χ3v) is 4.09. The minimum atomic E-state index is -1.01. The van der Waals surface area contributed by atoms with Crippen molar-refractivity contribution in [1.29, 1.82) is 0 Å². The zero-order valence-electron chi connectivity index (χ0n) is 11.1. The Morgan fingerprint density at radius 1 is 1.25 bits per heavy atom. The number of hydrogen-bond acceptors (Lipinski definition) is 3. The minimum Gasteiger partial charge on any atom is -0.453 e. The first kappa shape index (κ1) is 13.3. The standard InChI is InChI=1S/C16H17FO3/c17-12-6-7-13-11(8-12)9-14(20-13)16(19)15(18)10-4-2-1-3-5-10/h6-10,15,18H,1-5H2. The van der Waals surface area contributed by atoms with Crippen molar-refractivity contribution in [3.63, 3.8) is 0 Å². The fraction of sp³-hybridized carbons (Fsp3) is 0.438. The van der Waals surface area contributed by atoms with Gasteiger partial charge in [-0.2, -0.15) is 0 Å². The van der Waals surface area contributed by atoms with Crippen molar-refractivity contribution in [3.05, 3.63) is 35.8 Å². The quantitative estimate of drug-likeness (QED) is 0.870. The zero-order chi connectivity index (χ0) is 14.1. The van der Waals surface area contributed by atoms with Crippen LogP contribution < -0.4 is 0 Å². The third-order valence-electron chi connectivity index (χ3n) is 4.09. The van der Waals surface area contributed by atoms with Crippen molar-refractivity contribution in [1.82, 2.24) is 0 Å². The van der Waals surface area contributed by atoms with Crippen molar-refractivity contribution < 1.29 is 18.7 Å². The van der Waals surface area contributed by atoms with Gasteiger partial charge >= 0.3 is 0 Å². The SMILES string of the molecule is O=C(c1cc2cc(F)ccc2o1)C(O)C1CCCCC1. The summed E-state index contributed by atoms with van der Waals surface area (Å²) >= 11 is 0. The predicted molar refractivity (Wildman–Crippen MR) is 73.1 cm³/mol. The molecule has 106 valence electrons. The maximum absolute atomic E-state index is 13.1. The number of furan rings is 1. The average molecular weight is 276 g/mol. The lowest BCUT2D eigenvalue weighted by Crippen LogP contribution is -2.30. The van der Waals surface area contributed by atoms with Crippen molar-refractivity contribution in [2.24, 2.45) is 5.92 Å². The van der Waals surface area contributed by atoms with Crippen LogP contribution in [-0.4, -0.2) is 17.0 Å². The maximum atomic E-state index is 13.1. The number of aliphatic hydroxyl groups excluding tert-OH is 1. The van der Waals surface area contributed by atoms with Crippen LogP contribution in [0.3, 0.4) is 0 Å². The molecule has 3 nitrogen and oxygen atoms in total. The molecule has 0 radical (unpaired) electrons. The number of Topliss-reactive ketones (excluding diaryl/α,β-unsaturated/α-hetero) is 1. The number of carbonyl (C=O) groups excluding carboxylic acids is 1. The van der Waals surface area contributed by atoms with Gasteiger partial charge in [-0.05, 0) is 43.0 Å². The molecule has 1 fully saturated rings. The first-order valence-electron chi connectivity index (χ1n) is 7.06. The van der Waals surface area contributed by atoms with Gasteiger partial charge in [0.15, 0.2) is 5.76 Å². The lowest BCUT2D eigenvalue weighted by atomic mass is 9.83. The molecule has 4 heteroatoms. The van der Waals surface area contributed by atoms with Crippen LogP contribution >= 0.6 is 0 Å². The Hall–Kier alpha value is -1.68. The summed E-state index contributed by atoms with van der Waals surface area (Å²) in [7, 11) is 0. The van der Waals surface area contributed by atoms with Crippen LogP contribution in [0.25, 0.3) is 11.0 Å². The second kappa shape index (κ2) is 5.37. The summed E-state index contributed by atoms with van der Waals surface area (Å²) in [6, 6.07) is 5.61. The molecule has 0 saturated heterocycles. The number of fused-ring (bicyclic) bond motifs is 1. The molecule has 1 atom stereocenters. The number of rotatable bonds is 3. The van der Waals surface area contributed by atoms with Crippen LogP contribution in [0.1, 0.15) is 42.7 Å². The normalized spacial score (nSPS) is 18.3. The number of hydrogen-bond donors (Lipinski definition) is 1. The molecule has 1 N–H and O–H groups in total. The summed E-state index contributed by atoms with van der Waals surface area (Å²) in [6.45, 7) is 0. The Balaban J connectivity index is 1.84. The lowest BCUT2D eigenvalue weighted by Gasteiger charge is -2.24. The second-order valence-corrected chi connectivity index (χ2v) is 5.50. The summed E-state index contributed by atoms with van der Waals surface area (Å²) < 4.78 is 18.5. The molecular weight excluding hydrogens is 259 g/mol. The Bertz CT molecular complexity index is 626. The highest BCUT2D eigenvalue weighted by Gasteiger charge is 2.30. The third kappa shape index (κ3) is 2.48. The zero-order valence-corrected chi connectivity index (χ0v) is 11.1. The van der Waals surface area contributed by atoms with Gasteiger partial charge in [0.2, 0.25) is 5.78 Å². The van der Waals surface area contributed by atoms with Gasteiger partial charge < -0.3 is 9.52 Å². The van der Waals surface area contributed by atoms with E-state index in [-0.39, 0.29) is 17.5 Å². The van der Waals surface area contributed by atoms with Gasteiger partial charge in [-0.1, -0.05) is 19.3 Å². The molecule has 0 spiro atoms. The van der Waals surface area contributed by atoms with Crippen LogP contribution in [0, 0.1) is 11.7 Å². The van der Waals surface area contributed by atoms with Crippen LogP contribution in [-0.2, 0) is 0 Å². The van der Waals surface area contributed by atoms with Gasteiger partial charge in [0, 0.05) is 5.39 Å². The van der Waals surface area contributed by atoms with Crippen molar-refractivity contribution in [3.8, 4) is 0 Å². The molecular formula is C16H17FO3. The summed E-state index contributed by atoms with van der Waals surface area (Å²) in [5, 5.41) is 10.7. The average Bonchev–Trinajstić information content (AvgIpc) is 2.89. The van der Waals surface area contributed by atoms with Crippen molar-refractivity contribution in [2.45, 2.75) is 38.2 Å². The summed E-state index contributed by atoms with van der Waals surface area (Å²) in [6.07, 6.45) is 4.02. The van der Waals surface area contributed by atoms with Gasteiger partial charge in [-0.25, -0.2) is 4.39 Å². The molecule has 20 heavy (non-hydrogen) atoms. The fourth-order valence-corrected chi connectivity index (χ4v) is 2.95. The Morgan fingerprint density at radius 2 is 2.00 bits per heavy atom. The van der Waals surface area contributed by atoms with E-state index in [1.807, 2.05) is 0 Å². The predicted octanol–water partition coefficient (Wildman–Crippen LogP) is 3.70. The van der Waals surface area contributed by atoms with E-state index in [2.05, 4.69) is 0 Å². The van der Waals surface area contributed by atoms with Crippen LogP contribution in [0.15, 0.2) is 28.7 Å². The van der Waals surface area contributed by atoms with Crippen LogP contribution in [0.2, 0.25) is 0 Å². The monoisotopic (exact) mass is 276 g/mol. The van der Waals surface area contributed by atoms with Crippen LogP contribution in [0.5, 0.6) is 0 Å². The molecule has 1 aromatic heterocycles. The Morgan fingerprint density at radius 3 is 2.75 bits per heavy atom. The van der Waals surface area contributed by atoms with Gasteiger partial charge in [-0.3, -0.25) is 4.79 Å². The fourth-order valence-electron chi connectivity index (χ4n) is 2.95. The van der Waals surface area contributed by atoms with Gasteiger partial charge in [0.1, 0.15) is 17.5 Å². The first-order valence-corrected chi connectivity index (χ1v) is 7.06. The molecule has 2 aromatic rings. The second-order valence-electron chi connectivity index (χ2n) is 5.50. The van der Waals surface area contributed by atoms with E-state index < -0.39 is 11.9 Å². The molecule has 0 aliphatic heterocycles. The molecule has 3 rings (SSSR count). The number of carbonyl (C=O) groups is 1. The smallest absolute Gasteiger partial charge is 0.226 e.